The Hall–Kier alpha value is -0.970. The number of thioether (sulfide) groups is 1. The maximum Gasteiger partial charge on any atom is 0.157 e. The fourth-order valence-electron chi connectivity index (χ4n) is 1.87. The minimum atomic E-state index is 0.567. The lowest BCUT2D eigenvalue weighted by atomic mass is 10.1. The molecule has 17 heavy (non-hydrogen) atoms. The Bertz CT molecular complexity index is 400. The number of aromatic nitrogens is 1. The minimum absolute atomic E-state index is 0.567. The standard InChI is InChI=1S/C12H19N3OS/c1-8(2)4-11-7-17-12(14-11)13-6-10-5-9(3)16-15-10/h5,8,11H,4,6-7H2,1-3H3,(H,13,14). The Morgan fingerprint density at radius 2 is 2.47 bits per heavy atom. The molecule has 1 fully saturated rings. The predicted molar refractivity (Wildman–Crippen MR) is 71.2 cm³/mol. The summed E-state index contributed by atoms with van der Waals surface area (Å²) in [4.78, 5) is 4.51. The van der Waals surface area contributed by atoms with Gasteiger partial charge in [-0.15, -0.1) is 0 Å². The molecule has 0 saturated carbocycles. The van der Waals surface area contributed by atoms with Crippen molar-refractivity contribution in [1.82, 2.24) is 10.5 Å². The molecule has 1 unspecified atom stereocenters. The number of amidine groups is 1. The number of aryl methyl sites for hydroxylation is 1. The summed E-state index contributed by atoms with van der Waals surface area (Å²) in [5.41, 5.74) is 0.893. The highest BCUT2D eigenvalue weighted by Crippen LogP contribution is 2.19. The average Bonchev–Trinajstić information content (AvgIpc) is 2.84. The van der Waals surface area contributed by atoms with Gasteiger partial charge >= 0.3 is 0 Å². The summed E-state index contributed by atoms with van der Waals surface area (Å²) in [6.07, 6.45) is 1.20. The molecule has 0 aliphatic carbocycles. The maximum absolute atomic E-state index is 5.01. The summed E-state index contributed by atoms with van der Waals surface area (Å²) in [7, 11) is 0. The van der Waals surface area contributed by atoms with Crippen molar-refractivity contribution in [3.63, 3.8) is 0 Å². The molecular formula is C12H19N3OS. The van der Waals surface area contributed by atoms with Crippen molar-refractivity contribution in [2.75, 3.05) is 5.75 Å². The van der Waals surface area contributed by atoms with Gasteiger partial charge in [-0.25, -0.2) is 0 Å². The summed E-state index contributed by atoms with van der Waals surface area (Å²) in [6.45, 7) is 6.99. The first-order valence-corrected chi connectivity index (χ1v) is 6.98. The van der Waals surface area contributed by atoms with E-state index in [9.17, 15) is 0 Å². The van der Waals surface area contributed by atoms with Crippen molar-refractivity contribution in [3.05, 3.63) is 17.5 Å². The zero-order chi connectivity index (χ0) is 12.3. The Balaban J connectivity index is 1.83. The monoisotopic (exact) mass is 253 g/mol. The molecule has 1 N–H and O–H groups in total. The summed E-state index contributed by atoms with van der Waals surface area (Å²) in [5, 5.41) is 8.42. The molecule has 1 saturated heterocycles. The van der Waals surface area contributed by atoms with E-state index in [1.807, 2.05) is 13.0 Å². The molecule has 1 atom stereocenters. The Kier molecular flexibility index (Phi) is 4.10. The van der Waals surface area contributed by atoms with Gasteiger partial charge in [0.15, 0.2) is 5.17 Å². The number of hydrogen-bond acceptors (Lipinski definition) is 4. The molecule has 1 aliphatic heterocycles. The van der Waals surface area contributed by atoms with E-state index in [1.165, 1.54) is 6.42 Å². The van der Waals surface area contributed by atoms with Gasteiger partial charge in [-0.2, -0.15) is 0 Å². The van der Waals surface area contributed by atoms with Crippen molar-refractivity contribution in [2.24, 2.45) is 10.9 Å². The number of hydrogen-bond donors (Lipinski definition) is 1. The third-order valence-electron chi connectivity index (χ3n) is 2.57. The van der Waals surface area contributed by atoms with Crippen molar-refractivity contribution in [2.45, 2.75) is 39.8 Å². The highest BCUT2D eigenvalue weighted by molar-refractivity contribution is 8.14. The van der Waals surface area contributed by atoms with Crippen LogP contribution in [0.4, 0.5) is 0 Å². The van der Waals surface area contributed by atoms with Crippen LogP contribution in [0.3, 0.4) is 0 Å². The first-order chi connectivity index (χ1) is 8.13. The van der Waals surface area contributed by atoms with E-state index in [0.717, 1.165) is 28.3 Å². The number of nitrogens with zero attached hydrogens (tertiary/aromatic N) is 2. The summed E-state index contributed by atoms with van der Waals surface area (Å²) >= 11 is 1.80. The topological polar surface area (TPSA) is 50.4 Å². The van der Waals surface area contributed by atoms with Crippen molar-refractivity contribution < 1.29 is 4.52 Å². The maximum atomic E-state index is 5.01. The SMILES string of the molecule is Cc1cc(CN=C2NC(CC(C)C)CS2)no1. The lowest BCUT2D eigenvalue weighted by Crippen LogP contribution is -2.28. The van der Waals surface area contributed by atoms with Crippen molar-refractivity contribution >= 4 is 16.9 Å². The molecule has 2 heterocycles. The Morgan fingerprint density at radius 3 is 3.12 bits per heavy atom. The molecule has 0 aromatic carbocycles. The van der Waals surface area contributed by atoms with Crippen LogP contribution in [-0.2, 0) is 6.54 Å². The van der Waals surface area contributed by atoms with Gasteiger partial charge in [0, 0.05) is 17.9 Å². The van der Waals surface area contributed by atoms with Gasteiger partial charge in [0.25, 0.3) is 0 Å². The zero-order valence-electron chi connectivity index (χ0n) is 10.6. The van der Waals surface area contributed by atoms with Crippen LogP contribution in [0.25, 0.3) is 0 Å². The van der Waals surface area contributed by atoms with Gasteiger partial charge in [-0.1, -0.05) is 30.8 Å². The van der Waals surface area contributed by atoms with Crippen LogP contribution in [-0.4, -0.2) is 22.1 Å². The van der Waals surface area contributed by atoms with Gasteiger partial charge in [-0.3, -0.25) is 4.99 Å². The second-order valence-electron chi connectivity index (χ2n) is 4.83. The van der Waals surface area contributed by atoms with Crippen LogP contribution >= 0.6 is 11.8 Å². The van der Waals surface area contributed by atoms with Gasteiger partial charge in [0.05, 0.1) is 6.54 Å². The van der Waals surface area contributed by atoms with Crippen molar-refractivity contribution in [1.29, 1.82) is 0 Å². The van der Waals surface area contributed by atoms with E-state index in [-0.39, 0.29) is 0 Å². The van der Waals surface area contributed by atoms with Crippen LogP contribution in [0.15, 0.2) is 15.6 Å². The average molecular weight is 253 g/mol. The molecule has 94 valence electrons. The molecule has 2 rings (SSSR count). The third kappa shape index (κ3) is 3.77. The normalized spacial score (nSPS) is 22.4. The molecule has 0 bridgehead atoms. The molecule has 4 nitrogen and oxygen atoms in total. The van der Waals surface area contributed by atoms with E-state index in [0.29, 0.717) is 12.6 Å². The molecule has 5 heteroatoms. The predicted octanol–water partition coefficient (Wildman–Crippen LogP) is 2.59. The van der Waals surface area contributed by atoms with Gasteiger partial charge in [0.2, 0.25) is 0 Å². The van der Waals surface area contributed by atoms with E-state index in [2.05, 4.69) is 29.3 Å². The third-order valence-corrected chi connectivity index (χ3v) is 3.66. The summed E-state index contributed by atoms with van der Waals surface area (Å²) < 4.78 is 5.01. The minimum Gasteiger partial charge on any atom is -0.361 e. The molecule has 1 aromatic heterocycles. The molecule has 1 aliphatic rings. The first-order valence-electron chi connectivity index (χ1n) is 5.99. The second-order valence-corrected chi connectivity index (χ2v) is 5.84. The fraction of sp³-hybridized carbons (Fsp3) is 0.667. The number of rotatable bonds is 4. The highest BCUT2D eigenvalue weighted by atomic mass is 32.2. The highest BCUT2D eigenvalue weighted by Gasteiger charge is 2.20. The smallest absolute Gasteiger partial charge is 0.157 e. The van der Waals surface area contributed by atoms with Crippen LogP contribution in [0.5, 0.6) is 0 Å². The van der Waals surface area contributed by atoms with Crippen LogP contribution in [0.1, 0.15) is 31.7 Å². The van der Waals surface area contributed by atoms with Gasteiger partial charge < -0.3 is 9.84 Å². The largest absolute Gasteiger partial charge is 0.361 e. The summed E-state index contributed by atoms with van der Waals surface area (Å²) in [6, 6.07) is 2.49. The van der Waals surface area contributed by atoms with Crippen LogP contribution in [0, 0.1) is 12.8 Å². The fourth-order valence-corrected chi connectivity index (χ4v) is 2.85. The molecule has 0 spiro atoms. The second kappa shape index (κ2) is 5.58. The lowest BCUT2D eigenvalue weighted by Gasteiger charge is -2.11. The lowest BCUT2D eigenvalue weighted by molar-refractivity contribution is 0.391. The van der Waals surface area contributed by atoms with Gasteiger partial charge in [-0.05, 0) is 19.3 Å². The zero-order valence-corrected chi connectivity index (χ0v) is 11.4. The van der Waals surface area contributed by atoms with Crippen LogP contribution in [0.2, 0.25) is 0 Å². The molecule has 0 amide bonds. The van der Waals surface area contributed by atoms with E-state index < -0.39 is 0 Å². The number of aliphatic imine (C=N–C) groups is 1. The van der Waals surface area contributed by atoms with E-state index in [4.69, 9.17) is 4.52 Å². The number of nitrogens with one attached hydrogen (secondary N) is 1. The molecule has 1 aromatic rings. The van der Waals surface area contributed by atoms with E-state index >= 15 is 0 Å². The van der Waals surface area contributed by atoms with E-state index in [1.54, 1.807) is 11.8 Å². The summed E-state index contributed by atoms with van der Waals surface area (Å²) in [5.74, 6) is 2.69. The van der Waals surface area contributed by atoms with Crippen LogP contribution < -0.4 is 5.32 Å². The van der Waals surface area contributed by atoms with Gasteiger partial charge in [0.1, 0.15) is 11.5 Å². The molecule has 0 radical (unpaired) electrons. The quantitative estimate of drug-likeness (QED) is 0.896. The Morgan fingerprint density at radius 1 is 1.65 bits per heavy atom. The first kappa shape index (κ1) is 12.5. The Labute approximate surface area is 106 Å². The molecular weight excluding hydrogens is 234 g/mol. The van der Waals surface area contributed by atoms with Crippen molar-refractivity contribution in [3.8, 4) is 0 Å².